The van der Waals surface area contributed by atoms with E-state index in [2.05, 4.69) is 53.6 Å². The number of hydrogen-bond donors (Lipinski definition) is 3. The van der Waals surface area contributed by atoms with Gasteiger partial charge in [0.25, 0.3) is 5.91 Å². The SMILES string of the molecule is CC(C)c1ccc(CNc2[nH]ncc2C(N)=O)cc1. The van der Waals surface area contributed by atoms with Crippen molar-refractivity contribution in [1.82, 2.24) is 10.2 Å². The smallest absolute Gasteiger partial charge is 0.254 e. The molecule has 0 atom stereocenters. The van der Waals surface area contributed by atoms with Crippen LogP contribution in [0.15, 0.2) is 30.5 Å². The number of aromatic nitrogens is 2. The minimum Gasteiger partial charge on any atom is -0.366 e. The van der Waals surface area contributed by atoms with Crippen LogP contribution < -0.4 is 11.1 Å². The summed E-state index contributed by atoms with van der Waals surface area (Å²) < 4.78 is 0. The first kappa shape index (κ1) is 13.1. The quantitative estimate of drug-likeness (QED) is 0.769. The Hall–Kier alpha value is -2.30. The molecule has 0 spiro atoms. The normalized spacial score (nSPS) is 10.7. The Morgan fingerprint density at radius 1 is 1.37 bits per heavy atom. The van der Waals surface area contributed by atoms with E-state index >= 15 is 0 Å². The van der Waals surface area contributed by atoms with Gasteiger partial charge in [0.15, 0.2) is 0 Å². The molecular weight excluding hydrogens is 240 g/mol. The highest BCUT2D eigenvalue weighted by Crippen LogP contribution is 2.16. The second kappa shape index (κ2) is 5.56. The Balaban J connectivity index is 2.02. The fraction of sp³-hybridized carbons (Fsp3) is 0.286. The Morgan fingerprint density at radius 3 is 2.63 bits per heavy atom. The lowest BCUT2D eigenvalue weighted by Crippen LogP contribution is -2.13. The predicted molar refractivity (Wildman–Crippen MR) is 75.0 cm³/mol. The summed E-state index contributed by atoms with van der Waals surface area (Å²) in [6, 6.07) is 8.37. The van der Waals surface area contributed by atoms with Gasteiger partial charge in [-0.2, -0.15) is 5.10 Å². The molecule has 100 valence electrons. The molecule has 0 bridgehead atoms. The van der Waals surface area contributed by atoms with Crippen molar-refractivity contribution in [3.63, 3.8) is 0 Å². The third-order valence-electron chi connectivity index (χ3n) is 3.02. The minimum atomic E-state index is -0.494. The van der Waals surface area contributed by atoms with Gasteiger partial charge in [-0.3, -0.25) is 9.89 Å². The molecule has 1 aromatic heterocycles. The first-order valence-electron chi connectivity index (χ1n) is 6.24. The van der Waals surface area contributed by atoms with E-state index in [0.29, 0.717) is 23.8 Å². The molecule has 2 aromatic rings. The number of H-pyrrole nitrogens is 1. The van der Waals surface area contributed by atoms with Gasteiger partial charge in [-0.05, 0) is 17.0 Å². The highest BCUT2D eigenvalue weighted by atomic mass is 16.1. The van der Waals surface area contributed by atoms with Crippen molar-refractivity contribution in [2.24, 2.45) is 5.73 Å². The highest BCUT2D eigenvalue weighted by molar-refractivity contribution is 5.97. The van der Waals surface area contributed by atoms with Gasteiger partial charge in [-0.15, -0.1) is 0 Å². The molecule has 5 heteroatoms. The van der Waals surface area contributed by atoms with Gasteiger partial charge in [-0.25, -0.2) is 0 Å². The molecule has 1 aromatic carbocycles. The number of nitrogens with one attached hydrogen (secondary N) is 2. The van der Waals surface area contributed by atoms with Gasteiger partial charge in [-0.1, -0.05) is 38.1 Å². The maximum Gasteiger partial charge on any atom is 0.254 e. The van der Waals surface area contributed by atoms with E-state index in [-0.39, 0.29) is 0 Å². The van der Waals surface area contributed by atoms with E-state index < -0.39 is 5.91 Å². The van der Waals surface area contributed by atoms with Crippen LogP contribution in [-0.2, 0) is 6.54 Å². The molecule has 0 aliphatic carbocycles. The zero-order chi connectivity index (χ0) is 13.8. The average molecular weight is 258 g/mol. The number of nitrogens with zero attached hydrogens (tertiary/aromatic N) is 1. The topological polar surface area (TPSA) is 83.8 Å². The number of amides is 1. The van der Waals surface area contributed by atoms with E-state index in [0.717, 1.165) is 5.56 Å². The zero-order valence-electron chi connectivity index (χ0n) is 11.1. The summed E-state index contributed by atoms with van der Waals surface area (Å²) in [5.74, 6) is 0.586. The van der Waals surface area contributed by atoms with Gasteiger partial charge in [0.1, 0.15) is 11.4 Å². The first-order chi connectivity index (χ1) is 9.08. The second-order valence-electron chi connectivity index (χ2n) is 4.77. The number of aromatic amines is 1. The largest absolute Gasteiger partial charge is 0.366 e. The molecule has 2 rings (SSSR count). The molecule has 1 heterocycles. The van der Waals surface area contributed by atoms with Crippen LogP contribution in [0.2, 0.25) is 0 Å². The Morgan fingerprint density at radius 2 is 2.05 bits per heavy atom. The molecule has 19 heavy (non-hydrogen) atoms. The van der Waals surface area contributed by atoms with Crippen LogP contribution in [-0.4, -0.2) is 16.1 Å². The van der Waals surface area contributed by atoms with Crippen molar-refractivity contribution >= 4 is 11.7 Å². The molecule has 0 saturated heterocycles. The van der Waals surface area contributed by atoms with Crippen molar-refractivity contribution in [3.8, 4) is 0 Å². The molecule has 0 radical (unpaired) electrons. The molecule has 4 N–H and O–H groups in total. The number of rotatable bonds is 5. The lowest BCUT2D eigenvalue weighted by molar-refractivity contribution is 0.100. The third kappa shape index (κ3) is 3.13. The molecule has 0 aliphatic heterocycles. The van der Waals surface area contributed by atoms with Crippen LogP contribution in [0.5, 0.6) is 0 Å². The van der Waals surface area contributed by atoms with Crippen LogP contribution in [0, 0.1) is 0 Å². The monoisotopic (exact) mass is 258 g/mol. The average Bonchev–Trinajstić information content (AvgIpc) is 2.85. The summed E-state index contributed by atoms with van der Waals surface area (Å²) in [4.78, 5) is 11.1. The van der Waals surface area contributed by atoms with E-state index in [4.69, 9.17) is 5.73 Å². The van der Waals surface area contributed by atoms with E-state index in [1.165, 1.54) is 11.8 Å². The van der Waals surface area contributed by atoms with E-state index in [1.54, 1.807) is 0 Å². The maximum atomic E-state index is 11.1. The van der Waals surface area contributed by atoms with E-state index in [1.807, 2.05) is 0 Å². The molecule has 5 nitrogen and oxygen atoms in total. The van der Waals surface area contributed by atoms with Gasteiger partial charge < -0.3 is 11.1 Å². The summed E-state index contributed by atoms with van der Waals surface area (Å²) in [7, 11) is 0. The predicted octanol–water partition coefficient (Wildman–Crippen LogP) is 2.24. The number of hydrogen-bond acceptors (Lipinski definition) is 3. The zero-order valence-corrected chi connectivity index (χ0v) is 11.1. The molecular formula is C14H18N4O. The van der Waals surface area contributed by atoms with Crippen molar-refractivity contribution in [2.75, 3.05) is 5.32 Å². The minimum absolute atomic E-state index is 0.374. The summed E-state index contributed by atoms with van der Waals surface area (Å²) in [5.41, 5.74) is 8.06. The van der Waals surface area contributed by atoms with Gasteiger partial charge in [0, 0.05) is 6.54 Å². The van der Waals surface area contributed by atoms with Crippen molar-refractivity contribution in [2.45, 2.75) is 26.3 Å². The molecule has 0 aliphatic rings. The van der Waals surface area contributed by atoms with Crippen LogP contribution in [0.25, 0.3) is 0 Å². The van der Waals surface area contributed by atoms with Crippen LogP contribution in [0.3, 0.4) is 0 Å². The maximum absolute atomic E-state index is 11.1. The fourth-order valence-corrected chi connectivity index (χ4v) is 1.82. The van der Waals surface area contributed by atoms with Crippen LogP contribution in [0.4, 0.5) is 5.82 Å². The molecule has 0 fully saturated rings. The first-order valence-corrected chi connectivity index (χ1v) is 6.24. The number of benzene rings is 1. The molecule has 1 amide bonds. The highest BCUT2D eigenvalue weighted by Gasteiger charge is 2.09. The van der Waals surface area contributed by atoms with Gasteiger partial charge >= 0.3 is 0 Å². The lowest BCUT2D eigenvalue weighted by atomic mass is 10.0. The fourth-order valence-electron chi connectivity index (χ4n) is 1.82. The van der Waals surface area contributed by atoms with Crippen LogP contribution >= 0.6 is 0 Å². The Labute approximate surface area is 112 Å². The van der Waals surface area contributed by atoms with Crippen molar-refractivity contribution < 1.29 is 4.79 Å². The molecule has 0 unspecified atom stereocenters. The summed E-state index contributed by atoms with van der Waals surface area (Å²) >= 11 is 0. The van der Waals surface area contributed by atoms with E-state index in [9.17, 15) is 4.79 Å². The number of nitrogens with two attached hydrogens (primary N) is 1. The number of primary amides is 1. The third-order valence-corrected chi connectivity index (χ3v) is 3.02. The Bertz CT molecular complexity index is 557. The van der Waals surface area contributed by atoms with Crippen LogP contribution in [0.1, 0.15) is 41.3 Å². The van der Waals surface area contributed by atoms with Crippen molar-refractivity contribution in [3.05, 3.63) is 47.2 Å². The summed E-state index contributed by atoms with van der Waals surface area (Å²) in [6.07, 6.45) is 1.42. The lowest BCUT2D eigenvalue weighted by Gasteiger charge is -2.08. The number of carbonyl (C=O) groups is 1. The Kier molecular flexibility index (Phi) is 3.85. The van der Waals surface area contributed by atoms with Gasteiger partial charge in [0.05, 0.1) is 6.20 Å². The summed E-state index contributed by atoms with van der Waals surface area (Å²) in [5, 5.41) is 9.65. The number of anilines is 1. The number of carbonyl (C=O) groups excluding carboxylic acids is 1. The second-order valence-corrected chi connectivity index (χ2v) is 4.77. The van der Waals surface area contributed by atoms with Crippen molar-refractivity contribution in [1.29, 1.82) is 0 Å². The summed E-state index contributed by atoms with van der Waals surface area (Å²) in [6.45, 7) is 4.94. The van der Waals surface area contributed by atoms with Gasteiger partial charge in [0.2, 0.25) is 0 Å². The standard InChI is InChI=1S/C14H18N4O/c1-9(2)11-5-3-10(4-6-11)7-16-14-12(13(15)19)8-17-18-14/h3-6,8-9H,7H2,1-2H3,(H2,15,19)(H2,16,17,18). The molecule has 0 saturated carbocycles.